The predicted molar refractivity (Wildman–Crippen MR) is 111 cm³/mol. The molecule has 0 fully saturated rings. The molecule has 0 aromatic heterocycles. The molecule has 0 saturated carbocycles. The maximum atomic E-state index is 13.1. The van der Waals surface area contributed by atoms with Crippen LogP contribution in [0.4, 0.5) is 0 Å². The number of allylic oxidation sites excluding steroid dienone is 3. The van der Waals surface area contributed by atoms with Crippen LogP contribution in [0, 0.1) is 13.8 Å². The minimum absolute atomic E-state index is 0.000279. The first-order valence-electron chi connectivity index (χ1n) is 9.75. The van der Waals surface area contributed by atoms with Crippen LogP contribution >= 0.6 is 0 Å². The Hall–Kier alpha value is -2.94. The number of cyclic esters (lactones) is 1. The number of rotatable bonds is 1. The quantitative estimate of drug-likeness (QED) is 0.481. The molecular formula is C25H26O3. The third-order valence-electron chi connectivity index (χ3n) is 4.87. The number of carbonyl (C=O) groups is 2. The smallest absolute Gasteiger partial charge is 0.339 e. The van der Waals surface area contributed by atoms with Gasteiger partial charge >= 0.3 is 5.97 Å². The molecule has 28 heavy (non-hydrogen) atoms. The summed E-state index contributed by atoms with van der Waals surface area (Å²) in [7, 11) is 0. The van der Waals surface area contributed by atoms with Crippen LogP contribution in [0.25, 0.3) is 0 Å². The molecule has 1 heterocycles. The zero-order valence-corrected chi connectivity index (χ0v) is 16.5. The highest BCUT2D eigenvalue weighted by Gasteiger charge is 2.22. The van der Waals surface area contributed by atoms with Gasteiger partial charge in [0.05, 0.1) is 5.56 Å². The van der Waals surface area contributed by atoms with Crippen molar-refractivity contribution in [3.63, 3.8) is 0 Å². The van der Waals surface area contributed by atoms with Crippen LogP contribution in [0.15, 0.2) is 66.8 Å². The minimum atomic E-state index is -0.372. The number of ether oxygens (including phenoxy) is 1. The van der Waals surface area contributed by atoms with Crippen molar-refractivity contribution in [2.24, 2.45) is 0 Å². The second kappa shape index (κ2) is 9.32. The number of fused-ring (bicyclic) bond motifs is 1. The van der Waals surface area contributed by atoms with Crippen molar-refractivity contribution in [1.82, 2.24) is 0 Å². The number of carbonyl (C=O) groups excluding carboxylic acids is 2. The van der Waals surface area contributed by atoms with E-state index in [2.05, 4.69) is 12.2 Å². The molecule has 3 rings (SSSR count). The molecule has 2 aromatic rings. The molecule has 0 radical (unpaired) electrons. The maximum absolute atomic E-state index is 13.1. The standard InChI is InChI=1S/C25H26O3/c1-18-15-19(2)24-21(16-18)17-22(26)13-9-4-3-5-10-14-23(28-25(24)27)20-11-7-6-8-12-20/h5-13,15-16,23H,3-4,14,17H2,1-2H3/b10-5+,13-9+/t23-/m1/s1. The number of esters is 1. The number of hydrogen-bond donors (Lipinski definition) is 0. The summed E-state index contributed by atoms with van der Waals surface area (Å²) in [6.07, 6.45) is 9.81. The van der Waals surface area contributed by atoms with Gasteiger partial charge in [-0.1, -0.05) is 66.3 Å². The SMILES string of the molecule is Cc1cc(C)c2c(c1)CC(=O)/C=C/CC/C=C/C[C@H](c1ccccc1)OC2=O. The fourth-order valence-electron chi connectivity index (χ4n) is 3.59. The summed E-state index contributed by atoms with van der Waals surface area (Å²) in [5.41, 5.74) is 4.08. The highest BCUT2D eigenvalue weighted by Crippen LogP contribution is 2.26. The number of ketones is 1. The molecule has 0 N–H and O–H groups in total. The molecular weight excluding hydrogens is 348 g/mol. The summed E-state index contributed by atoms with van der Waals surface area (Å²) >= 11 is 0. The van der Waals surface area contributed by atoms with Gasteiger partial charge in [-0.15, -0.1) is 0 Å². The fraction of sp³-hybridized carbons (Fsp3) is 0.280. The topological polar surface area (TPSA) is 43.4 Å². The van der Waals surface area contributed by atoms with E-state index in [1.807, 2.05) is 62.4 Å². The molecule has 0 aliphatic carbocycles. The van der Waals surface area contributed by atoms with E-state index >= 15 is 0 Å². The van der Waals surface area contributed by atoms with Crippen LogP contribution in [-0.2, 0) is 16.0 Å². The zero-order valence-electron chi connectivity index (χ0n) is 16.5. The summed E-state index contributed by atoms with van der Waals surface area (Å²) in [6, 6.07) is 13.7. The van der Waals surface area contributed by atoms with Crippen LogP contribution in [0.5, 0.6) is 0 Å². The molecule has 0 amide bonds. The van der Waals surface area contributed by atoms with Gasteiger partial charge in [0.25, 0.3) is 0 Å². The molecule has 3 heteroatoms. The van der Waals surface area contributed by atoms with Gasteiger partial charge in [0.1, 0.15) is 6.10 Å². The molecule has 2 aromatic carbocycles. The molecule has 1 atom stereocenters. The Balaban J connectivity index is 2.01. The van der Waals surface area contributed by atoms with Gasteiger partial charge in [-0.05, 0) is 49.5 Å². The number of benzene rings is 2. The molecule has 0 unspecified atom stereocenters. The minimum Gasteiger partial charge on any atom is -0.454 e. The Morgan fingerprint density at radius 3 is 2.46 bits per heavy atom. The van der Waals surface area contributed by atoms with Crippen molar-refractivity contribution < 1.29 is 14.3 Å². The van der Waals surface area contributed by atoms with Crippen molar-refractivity contribution in [2.75, 3.05) is 0 Å². The molecule has 1 aliphatic heterocycles. The van der Waals surface area contributed by atoms with Gasteiger partial charge < -0.3 is 4.74 Å². The summed E-state index contributed by atoms with van der Waals surface area (Å²) in [5, 5.41) is 0. The third kappa shape index (κ3) is 5.07. The Bertz CT molecular complexity index is 907. The van der Waals surface area contributed by atoms with Crippen molar-refractivity contribution in [2.45, 2.75) is 45.6 Å². The largest absolute Gasteiger partial charge is 0.454 e. The van der Waals surface area contributed by atoms with Gasteiger partial charge in [0.2, 0.25) is 0 Å². The lowest BCUT2D eigenvalue weighted by atomic mass is 9.95. The molecule has 1 aliphatic rings. The molecule has 0 bridgehead atoms. The number of hydrogen-bond acceptors (Lipinski definition) is 3. The lowest BCUT2D eigenvalue weighted by molar-refractivity contribution is -0.114. The molecule has 0 saturated heterocycles. The second-order valence-corrected chi connectivity index (χ2v) is 7.25. The lowest BCUT2D eigenvalue weighted by Gasteiger charge is -2.20. The Morgan fingerprint density at radius 2 is 1.68 bits per heavy atom. The predicted octanol–water partition coefficient (Wildman–Crippen LogP) is 5.61. The molecule has 144 valence electrons. The van der Waals surface area contributed by atoms with Crippen LogP contribution in [0.3, 0.4) is 0 Å². The second-order valence-electron chi connectivity index (χ2n) is 7.25. The summed E-state index contributed by atoms with van der Waals surface area (Å²) in [6.45, 7) is 3.87. The van der Waals surface area contributed by atoms with E-state index in [1.54, 1.807) is 6.08 Å². The summed E-state index contributed by atoms with van der Waals surface area (Å²) in [5.74, 6) is -0.372. The monoisotopic (exact) mass is 374 g/mol. The zero-order chi connectivity index (χ0) is 19.9. The van der Waals surface area contributed by atoms with E-state index in [0.717, 1.165) is 35.1 Å². The first kappa shape index (κ1) is 19.8. The Kier molecular flexibility index (Phi) is 6.59. The highest BCUT2D eigenvalue weighted by molar-refractivity contribution is 5.97. The average Bonchev–Trinajstić information content (AvgIpc) is 2.65. The highest BCUT2D eigenvalue weighted by atomic mass is 16.5. The van der Waals surface area contributed by atoms with Crippen molar-refractivity contribution in [3.8, 4) is 0 Å². The molecule has 0 spiro atoms. The van der Waals surface area contributed by atoms with Crippen molar-refractivity contribution in [1.29, 1.82) is 0 Å². The first-order chi connectivity index (χ1) is 13.5. The van der Waals surface area contributed by atoms with Crippen LogP contribution in [-0.4, -0.2) is 11.8 Å². The van der Waals surface area contributed by atoms with E-state index in [0.29, 0.717) is 12.0 Å². The van der Waals surface area contributed by atoms with Gasteiger partial charge in [-0.3, -0.25) is 4.79 Å². The number of aryl methyl sites for hydroxylation is 2. The maximum Gasteiger partial charge on any atom is 0.339 e. The lowest BCUT2D eigenvalue weighted by Crippen LogP contribution is -2.16. The van der Waals surface area contributed by atoms with Crippen LogP contribution in [0.1, 0.15) is 58.0 Å². The van der Waals surface area contributed by atoms with Crippen molar-refractivity contribution in [3.05, 3.63) is 94.6 Å². The van der Waals surface area contributed by atoms with Gasteiger partial charge in [0, 0.05) is 12.8 Å². The summed E-state index contributed by atoms with van der Waals surface area (Å²) < 4.78 is 5.94. The fourth-order valence-corrected chi connectivity index (χ4v) is 3.59. The van der Waals surface area contributed by atoms with Crippen molar-refractivity contribution >= 4 is 11.8 Å². The van der Waals surface area contributed by atoms with Crippen LogP contribution in [0.2, 0.25) is 0 Å². The first-order valence-corrected chi connectivity index (χ1v) is 9.75. The van der Waals surface area contributed by atoms with Gasteiger partial charge in [0.15, 0.2) is 5.78 Å². The average molecular weight is 374 g/mol. The third-order valence-corrected chi connectivity index (χ3v) is 4.87. The van der Waals surface area contributed by atoms with E-state index < -0.39 is 0 Å². The van der Waals surface area contributed by atoms with E-state index in [4.69, 9.17) is 4.74 Å². The van der Waals surface area contributed by atoms with E-state index in [9.17, 15) is 9.59 Å². The van der Waals surface area contributed by atoms with Crippen LogP contribution < -0.4 is 0 Å². The summed E-state index contributed by atoms with van der Waals surface area (Å²) in [4.78, 5) is 25.5. The Morgan fingerprint density at radius 1 is 0.929 bits per heavy atom. The van der Waals surface area contributed by atoms with Gasteiger partial charge in [-0.2, -0.15) is 0 Å². The normalized spacial score (nSPS) is 20.6. The van der Waals surface area contributed by atoms with Gasteiger partial charge in [-0.25, -0.2) is 4.79 Å². The van der Waals surface area contributed by atoms with E-state index in [-0.39, 0.29) is 24.3 Å². The Labute approximate surface area is 166 Å². The van der Waals surface area contributed by atoms with E-state index in [1.165, 1.54) is 0 Å². The molecule has 3 nitrogen and oxygen atoms in total.